The molecule has 2 aromatic heterocycles. The van der Waals surface area contributed by atoms with E-state index >= 15 is 0 Å². The number of hydrogen-bond acceptors (Lipinski definition) is 4. The maximum absolute atomic E-state index is 4.60. The van der Waals surface area contributed by atoms with E-state index < -0.39 is 0 Å². The molecule has 2 aromatic rings. The van der Waals surface area contributed by atoms with Crippen molar-refractivity contribution in [1.82, 2.24) is 19.7 Å². The average molecular weight is 243 g/mol. The van der Waals surface area contributed by atoms with Gasteiger partial charge in [0.1, 0.15) is 11.6 Å². The van der Waals surface area contributed by atoms with Crippen molar-refractivity contribution < 1.29 is 0 Å². The molecule has 0 atom stereocenters. The van der Waals surface area contributed by atoms with Gasteiger partial charge in [0.2, 0.25) is 0 Å². The van der Waals surface area contributed by atoms with Gasteiger partial charge in [0, 0.05) is 37.6 Å². The number of nitrogens with zero attached hydrogens (tertiary/aromatic N) is 5. The van der Waals surface area contributed by atoms with Crippen LogP contribution in [-0.2, 0) is 0 Å². The second kappa shape index (κ2) is 4.40. The van der Waals surface area contributed by atoms with Crippen molar-refractivity contribution in [3.05, 3.63) is 36.5 Å². The second-order valence-corrected chi connectivity index (χ2v) is 4.97. The Morgan fingerprint density at radius 2 is 2.11 bits per heavy atom. The van der Waals surface area contributed by atoms with Gasteiger partial charge in [0.25, 0.3) is 0 Å². The molecule has 0 spiro atoms. The molecule has 0 aliphatic carbocycles. The van der Waals surface area contributed by atoms with E-state index in [1.54, 1.807) is 0 Å². The Morgan fingerprint density at radius 1 is 1.28 bits per heavy atom. The number of anilines is 1. The van der Waals surface area contributed by atoms with Crippen LogP contribution in [0.5, 0.6) is 0 Å². The van der Waals surface area contributed by atoms with Crippen LogP contribution in [0.4, 0.5) is 5.82 Å². The van der Waals surface area contributed by atoms with E-state index in [2.05, 4.69) is 33.8 Å². The number of rotatable bonds is 3. The van der Waals surface area contributed by atoms with Crippen molar-refractivity contribution in [3.8, 4) is 0 Å². The van der Waals surface area contributed by atoms with Crippen LogP contribution in [0.25, 0.3) is 0 Å². The van der Waals surface area contributed by atoms with Gasteiger partial charge in [-0.25, -0.2) is 9.97 Å². The Balaban J connectivity index is 1.69. The van der Waals surface area contributed by atoms with Crippen LogP contribution in [0.2, 0.25) is 0 Å². The van der Waals surface area contributed by atoms with Crippen LogP contribution in [-0.4, -0.2) is 32.8 Å². The zero-order valence-electron chi connectivity index (χ0n) is 10.7. The molecule has 1 aliphatic rings. The van der Waals surface area contributed by atoms with E-state index in [0.29, 0.717) is 12.0 Å². The van der Waals surface area contributed by atoms with E-state index in [1.165, 1.54) is 0 Å². The second-order valence-electron chi connectivity index (χ2n) is 4.97. The third kappa shape index (κ3) is 1.96. The Labute approximate surface area is 106 Å². The quantitative estimate of drug-likeness (QED) is 0.825. The molecule has 0 bridgehead atoms. The van der Waals surface area contributed by atoms with Crippen LogP contribution >= 0.6 is 0 Å². The minimum atomic E-state index is 0.369. The highest BCUT2D eigenvalue weighted by molar-refractivity contribution is 5.41. The molecule has 5 heteroatoms. The van der Waals surface area contributed by atoms with Crippen LogP contribution < -0.4 is 4.90 Å². The number of hydrogen-bond donors (Lipinski definition) is 0. The van der Waals surface area contributed by atoms with Gasteiger partial charge in [-0.2, -0.15) is 5.10 Å². The summed E-state index contributed by atoms with van der Waals surface area (Å²) >= 11 is 0. The Morgan fingerprint density at radius 3 is 2.78 bits per heavy atom. The average Bonchev–Trinajstić information content (AvgIpc) is 2.81. The maximum atomic E-state index is 4.60. The summed E-state index contributed by atoms with van der Waals surface area (Å²) < 4.78 is 2.01. The first kappa shape index (κ1) is 11.2. The molecular formula is C13H17N5. The summed E-state index contributed by atoms with van der Waals surface area (Å²) in [4.78, 5) is 11.2. The summed E-state index contributed by atoms with van der Waals surface area (Å²) in [6, 6.07) is 4.41. The topological polar surface area (TPSA) is 46.8 Å². The molecule has 1 saturated heterocycles. The summed E-state index contributed by atoms with van der Waals surface area (Å²) in [5.74, 6) is 2.31. The minimum Gasteiger partial charge on any atom is -0.352 e. The Bertz CT molecular complexity index is 514. The van der Waals surface area contributed by atoms with E-state index in [4.69, 9.17) is 0 Å². The van der Waals surface area contributed by atoms with E-state index in [9.17, 15) is 0 Å². The molecule has 0 N–H and O–H groups in total. The molecule has 3 rings (SSSR count). The molecule has 0 amide bonds. The lowest BCUT2D eigenvalue weighted by molar-refractivity contribution is 0.365. The van der Waals surface area contributed by atoms with Crippen molar-refractivity contribution in [1.29, 1.82) is 0 Å². The molecule has 1 aliphatic heterocycles. The standard InChI is InChI=1S/C13H17N5/c1-10(2)13-14-6-4-12(16-13)17-8-11(9-17)18-7-3-5-15-18/h3-7,10-11H,8-9H2,1-2H3. The fourth-order valence-electron chi connectivity index (χ4n) is 2.12. The predicted molar refractivity (Wildman–Crippen MR) is 69.6 cm³/mol. The molecule has 5 nitrogen and oxygen atoms in total. The molecule has 0 saturated carbocycles. The van der Waals surface area contributed by atoms with Crippen molar-refractivity contribution >= 4 is 5.82 Å². The third-order valence-corrected chi connectivity index (χ3v) is 3.26. The van der Waals surface area contributed by atoms with E-state index in [0.717, 1.165) is 24.7 Å². The van der Waals surface area contributed by atoms with Gasteiger partial charge in [0.15, 0.2) is 0 Å². The maximum Gasteiger partial charge on any atom is 0.133 e. The number of aromatic nitrogens is 4. The van der Waals surface area contributed by atoms with Gasteiger partial charge in [-0.05, 0) is 12.1 Å². The monoisotopic (exact) mass is 243 g/mol. The molecule has 0 aromatic carbocycles. The highest BCUT2D eigenvalue weighted by atomic mass is 15.4. The lowest BCUT2D eigenvalue weighted by atomic mass is 10.1. The summed E-state index contributed by atoms with van der Waals surface area (Å²) in [5, 5.41) is 4.27. The fraction of sp³-hybridized carbons (Fsp3) is 0.462. The van der Waals surface area contributed by atoms with Crippen LogP contribution in [0, 0.1) is 0 Å². The van der Waals surface area contributed by atoms with Crippen molar-refractivity contribution in [3.63, 3.8) is 0 Å². The molecule has 1 fully saturated rings. The molecule has 0 radical (unpaired) electrons. The van der Waals surface area contributed by atoms with Gasteiger partial charge >= 0.3 is 0 Å². The Hall–Kier alpha value is -1.91. The van der Waals surface area contributed by atoms with Crippen molar-refractivity contribution in [2.45, 2.75) is 25.8 Å². The van der Waals surface area contributed by atoms with Crippen molar-refractivity contribution in [2.75, 3.05) is 18.0 Å². The third-order valence-electron chi connectivity index (χ3n) is 3.26. The summed E-state index contributed by atoms with van der Waals surface area (Å²) in [7, 11) is 0. The van der Waals surface area contributed by atoms with Gasteiger partial charge in [0.05, 0.1) is 6.04 Å². The Kier molecular flexibility index (Phi) is 2.74. The summed E-state index contributed by atoms with van der Waals surface area (Å²) in [6.07, 6.45) is 5.69. The van der Waals surface area contributed by atoms with Crippen molar-refractivity contribution in [2.24, 2.45) is 0 Å². The zero-order valence-corrected chi connectivity index (χ0v) is 10.7. The molecule has 0 unspecified atom stereocenters. The molecule has 94 valence electrons. The normalized spacial score (nSPS) is 16.1. The smallest absolute Gasteiger partial charge is 0.133 e. The van der Waals surface area contributed by atoms with Gasteiger partial charge in [-0.3, -0.25) is 4.68 Å². The van der Waals surface area contributed by atoms with Gasteiger partial charge in [-0.15, -0.1) is 0 Å². The fourth-order valence-corrected chi connectivity index (χ4v) is 2.12. The highest BCUT2D eigenvalue weighted by Crippen LogP contribution is 2.26. The predicted octanol–water partition coefficient (Wildman–Crippen LogP) is 1.86. The minimum absolute atomic E-state index is 0.369. The first-order chi connectivity index (χ1) is 8.74. The van der Waals surface area contributed by atoms with Crippen LogP contribution in [0.1, 0.15) is 31.6 Å². The van der Waals surface area contributed by atoms with Gasteiger partial charge < -0.3 is 4.90 Å². The summed E-state index contributed by atoms with van der Waals surface area (Å²) in [6.45, 7) is 6.16. The van der Waals surface area contributed by atoms with E-state index in [1.807, 2.05) is 35.4 Å². The zero-order chi connectivity index (χ0) is 12.5. The first-order valence-electron chi connectivity index (χ1n) is 6.31. The van der Waals surface area contributed by atoms with E-state index in [-0.39, 0.29) is 0 Å². The summed E-state index contributed by atoms with van der Waals surface area (Å²) in [5.41, 5.74) is 0. The molecule has 3 heterocycles. The molecular weight excluding hydrogens is 226 g/mol. The first-order valence-corrected chi connectivity index (χ1v) is 6.31. The van der Waals surface area contributed by atoms with Crippen LogP contribution in [0.3, 0.4) is 0 Å². The lowest BCUT2D eigenvalue weighted by Crippen LogP contribution is -2.48. The molecule has 18 heavy (non-hydrogen) atoms. The highest BCUT2D eigenvalue weighted by Gasteiger charge is 2.29. The van der Waals surface area contributed by atoms with Crippen LogP contribution in [0.15, 0.2) is 30.7 Å². The van der Waals surface area contributed by atoms with Gasteiger partial charge in [-0.1, -0.05) is 13.8 Å². The largest absolute Gasteiger partial charge is 0.352 e. The lowest BCUT2D eigenvalue weighted by Gasteiger charge is -2.40. The SMILES string of the molecule is CC(C)c1nccc(N2CC(n3cccn3)C2)n1.